The van der Waals surface area contributed by atoms with Crippen molar-refractivity contribution in [2.45, 2.75) is 13.0 Å². The Labute approximate surface area is 147 Å². The van der Waals surface area contributed by atoms with Gasteiger partial charge in [-0.25, -0.2) is 0 Å². The number of carbonyl (C=O) groups is 1. The van der Waals surface area contributed by atoms with Gasteiger partial charge in [-0.05, 0) is 41.8 Å². The molecular weight excluding hydrogens is 368 g/mol. The number of amides is 1. The van der Waals surface area contributed by atoms with Crippen LogP contribution in [-0.4, -0.2) is 22.3 Å². The average molecular weight is 383 g/mol. The summed E-state index contributed by atoms with van der Waals surface area (Å²) >= 11 is 3.42. The number of aromatic nitrogens is 1. The molecule has 0 radical (unpaired) electrons. The summed E-state index contributed by atoms with van der Waals surface area (Å²) < 4.78 is 0.910. The Morgan fingerprint density at radius 1 is 1.08 bits per heavy atom. The van der Waals surface area contributed by atoms with Crippen LogP contribution in [0.3, 0.4) is 0 Å². The second-order valence-corrected chi connectivity index (χ2v) is 6.90. The van der Waals surface area contributed by atoms with Gasteiger partial charge in [-0.2, -0.15) is 0 Å². The first kappa shape index (κ1) is 15.1. The zero-order valence-electron chi connectivity index (χ0n) is 12.9. The van der Waals surface area contributed by atoms with Crippen molar-refractivity contribution >= 4 is 32.7 Å². The minimum absolute atomic E-state index is 0.194. The Morgan fingerprint density at radius 3 is 2.71 bits per heavy atom. The van der Waals surface area contributed by atoms with E-state index in [0.717, 1.165) is 27.4 Å². The molecule has 3 aromatic rings. The molecule has 5 heteroatoms. The number of carbonyl (C=O) groups excluding carboxylic acids is 1. The summed E-state index contributed by atoms with van der Waals surface area (Å²) in [5.41, 5.74) is 3.01. The third-order valence-corrected chi connectivity index (χ3v) is 4.95. The van der Waals surface area contributed by atoms with E-state index in [4.69, 9.17) is 0 Å². The number of hydrogen-bond acceptors (Lipinski definition) is 2. The Kier molecular flexibility index (Phi) is 3.73. The van der Waals surface area contributed by atoms with Crippen LogP contribution >= 0.6 is 15.9 Å². The molecule has 0 unspecified atom stereocenters. The molecule has 120 valence electrons. The summed E-state index contributed by atoms with van der Waals surface area (Å²) in [5, 5.41) is 0.838. The van der Waals surface area contributed by atoms with Gasteiger partial charge in [-0.1, -0.05) is 40.2 Å². The third-order valence-electron chi connectivity index (χ3n) is 4.45. The van der Waals surface area contributed by atoms with Crippen LogP contribution in [0, 0.1) is 0 Å². The van der Waals surface area contributed by atoms with Gasteiger partial charge in [0, 0.05) is 28.5 Å². The monoisotopic (exact) mass is 382 g/mol. The molecule has 0 fully saturated rings. The second-order valence-electron chi connectivity index (χ2n) is 5.99. The normalized spacial score (nSPS) is 13.8. The Morgan fingerprint density at radius 2 is 1.88 bits per heavy atom. The van der Waals surface area contributed by atoms with E-state index in [1.165, 1.54) is 5.56 Å². The fraction of sp³-hybridized carbons (Fsp3) is 0.158. The van der Waals surface area contributed by atoms with Gasteiger partial charge in [0.15, 0.2) is 0 Å². The lowest BCUT2D eigenvalue weighted by atomic mass is 9.99. The van der Waals surface area contributed by atoms with E-state index in [1.54, 1.807) is 11.0 Å². The predicted molar refractivity (Wildman–Crippen MR) is 97.2 cm³/mol. The number of aromatic amines is 1. The van der Waals surface area contributed by atoms with Gasteiger partial charge in [0.2, 0.25) is 0 Å². The molecule has 4 rings (SSSR count). The van der Waals surface area contributed by atoms with Crippen LogP contribution < -0.4 is 5.56 Å². The van der Waals surface area contributed by atoms with Crippen molar-refractivity contribution in [2.75, 3.05) is 6.54 Å². The standard InChI is InChI=1S/C19H15BrN2O2/c20-15-5-6-17-14(9-15)10-16(18(23)21-17)19(24)22-8-7-12-3-1-2-4-13(12)11-22/h1-6,9-10H,7-8,11H2,(H,21,23). The van der Waals surface area contributed by atoms with Crippen LogP contribution in [0.5, 0.6) is 0 Å². The van der Waals surface area contributed by atoms with Crippen molar-refractivity contribution in [3.8, 4) is 0 Å². The first-order valence-electron chi connectivity index (χ1n) is 7.80. The van der Waals surface area contributed by atoms with Crippen molar-refractivity contribution in [3.05, 3.63) is 80.0 Å². The SMILES string of the molecule is O=C(c1cc2cc(Br)ccc2[nH]c1=O)N1CCc2ccccc2C1. The minimum atomic E-state index is -0.339. The smallest absolute Gasteiger partial charge is 0.261 e. The van der Waals surface area contributed by atoms with Crippen LogP contribution in [0.2, 0.25) is 0 Å². The molecule has 1 aliphatic rings. The van der Waals surface area contributed by atoms with Crippen LogP contribution in [0.25, 0.3) is 10.9 Å². The van der Waals surface area contributed by atoms with Crippen LogP contribution in [0.4, 0.5) is 0 Å². The van der Waals surface area contributed by atoms with Gasteiger partial charge in [0.05, 0.1) is 0 Å². The zero-order valence-corrected chi connectivity index (χ0v) is 14.5. The molecule has 1 aliphatic heterocycles. The highest BCUT2D eigenvalue weighted by Crippen LogP contribution is 2.21. The molecule has 0 bridgehead atoms. The van der Waals surface area contributed by atoms with Crippen molar-refractivity contribution in [1.29, 1.82) is 0 Å². The average Bonchev–Trinajstić information content (AvgIpc) is 2.60. The van der Waals surface area contributed by atoms with E-state index in [-0.39, 0.29) is 17.0 Å². The molecule has 1 aromatic heterocycles. The van der Waals surface area contributed by atoms with Crippen molar-refractivity contribution < 1.29 is 4.79 Å². The van der Waals surface area contributed by atoms with Gasteiger partial charge >= 0.3 is 0 Å². The molecule has 2 heterocycles. The van der Waals surface area contributed by atoms with E-state index in [1.807, 2.05) is 36.4 Å². The Hall–Kier alpha value is -2.40. The summed E-state index contributed by atoms with van der Waals surface area (Å²) in [6.07, 6.45) is 0.818. The zero-order chi connectivity index (χ0) is 16.7. The van der Waals surface area contributed by atoms with Gasteiger partial charge in [-0.15, -0.1) is 0 Å². The maximum absolute atomic E-state index is 12.9. The van der Waals surface area contributed by atoms with Crippen LogP contribution in [-0.2, 0) is 13.0 Å². The van der Waals surface area contributed by atoms with Gasteiger partial charge in [0.1, 0.15) is 5.56 Å². The number of H-pyrrole nitrogens is 1. The summed E-state index contributed by atoms with van der Waals surface area (Å²) in [5.74, 6) is -0.215. The summed E-state index contributed by atoms with van der Waals surface area (Å²) in [6.45, 7) is 1.18. The number of hydrogen-bond donors (Lipinski definition) is 1. The number of fused-ring (bicyclic) bond motifs is 2. The lowest BCUT2D eigenvalue weighted by Crippen LogP contribution is -2.38. The number of halogens is 1. The van der Waals surface area contributed by atoms with Gasteiger partial charge in [-0.3, -0.25) is 9.59 Å². The maximum atomic E-state index is 12.9. The van der Waals surface area contributed by atoms with E-state index >= 15 is 0 Å². The fourth-order valence-electron chi connectivity index (χ4n) is 3.18. The predicted octanol–water partition coefficient (Wildman–Crippen LogP) is 3.49. The second kappa shape index (κ2) is 5.91. The third kappa shape index (κ3) is 2.65. The van der Waals surface area contributed by atoms with Crippen molar-refractivity contribution in [3.63, 3.8) is 0 Å². The summed E-state index contributed by atoms with van der Waals surface area (Å²) in [6, 6.07) is 15.4. The minimum Gasteiger partial charge on any atom is -0.334 e. The maximum Gasteiger partial charge on any atom is 0.261 e. The molecule has 1 amide bonds. The Balaban J connectivity index is 1.71. The molecule has 1 N–H and O–H groups in total. The lowest BCUT2D eigenvalue weighted by molar-refractivity contribution is 0.0733. The molecule has 0 atom stereocenters. The molecule has 2 aromatic carbocycles. The van der Waals surface area contributed by atoms with Crippen LogP contribution in [0.15, 0.2) is 57.8 Å². The molecule has 0 saturated heterocycles. The highest BCUT2D eigenvalue weighted by Gasteiger charge is 2.23. The number of benzene rings is 2. The molecule has 0 spiro atoms. The van der Waals surface area contributed by atoms with Crippen LogP contribution in [0.1, 0.15) is 21.5 Å². The number of pyridine rings is 1. The van der Waals surface area contributed by atoms with Crippen molar-refractivity contribution in [2.24, 2.45) is 0 Å². The first-order valence-corrected chi connectivity index (χ1v) is 8.60. The van der Waals surface area contributed by atoms with Crippen molar-refractivity contribution in [1.82, 2.24) is 9.88 Å². The number of rotatable bonds is 1. The number of nitrogens with one attached hydrogen (secondary N) is 1. The van der Waals surface area contributed by atoms with E-state index in [2.05, 4.69) is 27.0 Å². The van der Waals surface area contributed by atoms with Gasteiger partial charge < -0.3 is 9.88 Å². The topological polar surface area (TPSA) is 53.2 Å². The molecule has 4 nitrogen and oxygen atoms in total. The molecule has 0 aliphatic carbocycles. The van der Waals surface area contributed by atoms with Gasteiger partial charge in [0.25, 0.3) is 11.5 Å². The van der Waals surface area contributed by atoms with E-state index in [0.29, 0.717) is 13.1 Å². The van der Waals surface area contributed by atoms with E-state index in [9.17, 15) is 9.59 Å². The van der Waals surface area contributed by atoms with E-state index < -0.39 is 0 Å². The Bertz CT molecular complexity index is 1010. The highest BCUT2D eigenvalue weighted by molar-refractivity contribution is 9.10. The molecular formula is C19H15BrN2O2. The first-order chi connectivity index (χ1) is 11.6. The molecule has 24 heavy (non-hydrogen) atoms. The summed E-state index contributed by atoms with van der Waals surface area (Å²) in [4.78, 5) is 29.7. The number of nitrogens with zero attached hydrogens (tertiary/aromatic N) is 1. The lowest BCUT2D eigenvalue weighted by Gasteiger charge is -2.28. The largest absolute Gasteiger partial charge is 0.334 e. The highest BCUT2D eigenvalue weighted by atomic mass is 79.9. The fourth-order valence-corrected chi connectivity index (χ4v) is 3.55. The summed E-state index contributed by atoms with van der Waals surface area (Å²) in [7, 11) is 0. The molecule has 0 saturated carbocycles. The quantitative estimate of drug-likeness (QED) is 0.700.